The molecule has 3 heteroatoms. The largest absolute Gasteiger partial charge is 0.486 e. The molecule has 3 rings (SSSR count). The van der Waals surface area contributed by atoms with E-state index in [4.69, 9.17) is 9.47 Å². The number of nitrogens with zero attached hydrogens (tertiary/aromatic N) is 1. The van der Waals surface area contributed by atoms with Gasteiger partial charge in [-0.3, -0.25) is 4.90 Å². The van der Waals surface area contributed by atoms with Crippen LogP contribution in [0.15, 0.2) is 48.5 Å². The predicted octanol–water partition coefficient (Wildman–Crippen LogP) is 3.66. The summed E-state index contributed by atoms with van der Waals surface area (Å²) in [5, 5.41) is 0. The van der Waals surface area contributed by atoms with Crippen molar-refractivity contribution in [2.45, 2.75) is 26.5 Å². The van der Waals surface area contributed by atoms with E-state index < -0.39 is 0 Å². The summed E-state index contributed by atoms with van der Waals surface area (Å²) >= 11 is 0. The van der Waals surface area contributed by atoms with E-state index in [9.17, 15) is 0 Å². The van der Waals surface area contributed by atoms with Crippen LogP contribution < -0.4 is 9.47 Å². The SMILES string of the molecule is CCN(Cc1ccccc1C)CC1COc2ccccc2O1. The maximum Gasteiger partial charge on any atom is 0.161 e. The molecule has 0 N–H and O–H groups in total. The van der Waals surface area contributed by atoms with Crippen LogP contribution in [0.4, 0.5) is 0 Å². The third-order valence-electron chi connectivity index (χ3n) is 4.13. The molecule has 2 aromatic carbocycles. The highest BCUT2D eigenvalue weighted by Crippen LogP contribution is 2.31. The summed E-state index contributed by atoms with van der Waals surface area (Å²) in [4.78, 5) is 2.41. The molecule has 1 heterocycles. The van der Waals surface area contributed by atoms with Crippen LogP contribution in [0.2, 0.25) is 0 Å². The summed E-state index contributed by atoms with van der Waals surface area (Å²) in [6.45, 7) is 7.79. The second-order valence-electron chi connectivity index (χ2n) is 5.75. The molecule has 22 heavy (non-hydrogen) atoms. The number of likely N-dealkylation sites (N-methyl/N-ethyl adjacent to an activating group) is 1. The van der Waals surface area contributed by atoms with Gasteiger partial charge in [-0.05, 0) is 36.7 Å². The van der Waals surface area contributed by atoms with Gasteiger partial charge in [0.25, 0.3) is 0 Å². The molecule has 1 aliphatic rings. The van der Waals surface area contributed by atoms with E-state index in [1.165, 1.54) is 11.1 Å². The van der Waals surface area contributed by atoms with Gasteiger partial charge in [0.05, 0.1) is 0 Å². The normalized spacial score (nSPS) is 16.8. The van der Waals surface area contributed by atoms with Crippen LogP contribution in [0.25, 0.3) is 0 Å². The smallest absolute Gasteiger partial charge is 0.161 e. The highest BCUT2D eigenvalue weighted by Gasteiger charge is 2.22. The summed E-state index contributed by atoms with van der Waals surface area (Å²) < 4.78 is 11.9. The first kappa shape index (κ1) is 14.9. The van der Waals surface area contributed by atoms with Crippen LogP contribution in [-0.4, -0.2) is 30.7 Å². The van der Waals surface area contributed by atoms with Crippen LogP contribution in [0, 0.1) is 6.92 Å². The molecule has 0 radical (unpaired) electrons. The van der Waals surface area contributed by atoms with Crippen LogP contribution in [-0.2, 0) is 6.54 Å². The van der Waals surface area contributed by atoms with Gasteiger partial charge in [0.2, 0.25) is 0 Å². The Balaban J connectivity index is 1.63. The molecule has 0 aromatic heterocycles. The Morgan fingerprint density at radius 1 is 1.05 bits per heavy atom. The molecule has 3 nitrogen and oxygen atoms in total. The monoisotopic (exact) mass is 297 g/mol. The lowest BCUT2D eigenvalue weighted by atomic mass is 10.1. The number of para-hydroxylation sites is 2. The van der Waals surface area contributed by atoms with Gasteiger partial charge < -0.3 is 9.47 Å². The molecule has 0 aliphatic carbocycles. The molecule has 1 unspecified atom stereocenters. The summed E-state index contributed by atoms with van der Waals surface area (Å²) in [7, 11) is 0. The summed E-state index contributed by atoms with van der Waals surface area (Å²) in [5.41, 5.74) is 2.72. The topological polar surface area (TPSA) is 21.7 Å². The minimum atomic E-state index is 0.0823. The highest BCUT2D eigenvalue weighted by molar-refractivity contribution is 5.40. The van der Waals surface area contributed by atoms with Crippen molar-refractivity contribution in [1.82, 2.24) is 4.90 Å². The minimum absolute atomic E-state index is 0.0823. The molecule has 0 fully saturated rings. The average molecular weight is 297 g/mol. The molecule has 0 saturated carbocycles. The minimum Gasteiger partial charge on any atom is -0.486 e. The van der Waals surface area contributed by atoms with E-state index in [1.807, 2.05) is 24.3 Å². The third kappa shape index (κ3) is 3.42. The maximum absolute atomic E-state index is 6.07. The zero-order valence-corrected chi connectivity index (χ0v) is 13.3. The van der Waals surface area contributed by atoms with Gasteiger partial charge in [-0.15, -0.1) is 0 Å². The van der Waals surface area contributed by atoms with Gasteiger partial charge in [-0.2, -0.15) is 0 Å². The van der Waals surface area contributed by atoms with E-state index in [2.05, 4.69) is 43.0 Å². The fourth-order valence-electron chi connectivity index (χ4n) is 2.77. The van der Waals surface area contributed by atoms with E-state index in [0.717, 1.165) is 31.1 Å². The molecule has 0 bridgehead atoms. The predicted molar refractivity (Wildman–Crippen MR) is 88.5 cm³/mol. The second-order valence-corrected chi connectivity index (χ2v) is 5.75. The Morgan fingerprint density at radius 3 is 2.55 bits per heavy atom. The van der Waals surface area contributed by atoms with Gasteiger partial charge in [0.15, 0.2) is 11.5 Å². The summed E-state index contributed by atoms with van der Waals surface area (Å²) in [6, 6.07) is 16.4. The molecule has 0 amide bonds. The summed E-state index contributed by atoms with van der Waals surface area (Å²) in [5.74, 6) is 1.70. The van der Waals surface area contributed by atoms with E-state index >= 15 is 0 Å². The molecular formula is C19H23NO2. The number of benzene rings is 2. The fraction of sp³-hybridized carbons (Fsp3) is 0.368. The van der Waals surface area contributed by atoms with Crippen molar-refractivity contribution in [3.8, 4) is 11.5 Å². The Bertz CT molecular complexity index is 626. The zero-order valence-electron chi connectivity index (χ0n) is 13.3. The first-order chi connectivity index (χ1) is 10.8. The van der Waals surface area contributed by atoms with Crippen LogP contribution >= 0.6 is 0 Å². The summed E-state index contributed by atoms with van der Waals surface area (Å²) in [6.07, 6.45) is 0.0823. The van der Waals surface area contributed by atoms with Crippen LogP contribution in [0.3, 0.4) is 0 Å². The number of hydrogen-bond acceptors (Lipinski definition) is 3. The van der Waals surface area contributed by atoms with E-state index in [0.29, 0.717) is 6.61 Å². The maximum atomic E-state index is 6.07. The van der Waals surface area contributed by atoms with Crippen molar-refractivity contribution < 1.29 is 9.47 Å². The number of aryl methyl sites for hydroxylation is 1. The van der Waals surface area contributed by atoms with Crippen molar-refractivity contribution in [1.29, 1.82) is 0 Å². The molecule has 0 spiro atoms. The van der Waals surface area contributed by atoms with Crippen molar-refractivity contribution in [2.24, 2.45) is 0 Å². The Labute approximate surface area is 132 Å². The molecular weight excluding hydrogens is 274 g/mol. The van der Waals surface area contributed by atoms with Crippen molar-refractivity contribution >= 4 is 0 Å². The van der Waals surface area contributed by atoms with Gasteiger partial charge in [-0.1, -0.05) is 43.3 Å². The molecule has 1 aliphatic heterocycles. The van der Waals surface area contributed by atoms with Crippen molar-refractivity contribution in [2.75, 3.05) is 19.7 Å². The molecule has 2 aromatic rings. The third-order valence-corrected chi connectivity index (χ3v) is 4.13. The lowest BCUT2D eigenvalue weighted by molar-refractivity contribution is 0.0580. The lowest BCUT2D eigenvalue weighted by Gasteiger charge is -2.31. The van der Waals surface area contributed by atoms with Crippen molar-refractivity contribution in [3.05, 3.63) is 59.7 Å². The van der Waals surface area contributed by atoms with E-state index in [-0.39, 0.29) is 6.10 Å². The number of fused-ring (bicyclic) bond motifs is 1. The zero-order chi connectivity index (χ0) is 15.4. The highest BCUT2D eigenvalue weighted by atomic mass is 16.6. The molecule has 0 saturated heterocycles. The standard InChI is InChI=1S/C19H23NO2/c1-3-20(12-16-9-5-4-8-15(16)2)13-17-14-21-18-10-6-7-11-19(18)22-17/h4-11,17H,3,12-14H2,1-2H3. The van der Waals surface area contributed by atoms with Crippen LogP contribution in [0.5, 0.6) is 11.5 Å². The number of hydrogen-bond donors (Lipinski definition) is 0. The van der Waals surface area contributed by atoms with Crippen molar-refractivity contribution in [3.63, 3.8) is 0 Å². The molecule has 1 atom stereocenters. The first-order valence-electron chi connectivity index (χ1n) is 7.91. The Hall–Kier alpha value is -2.00. The quantitative estimate of drug-likeness (QED) is 0.840. The van der Waals surface area contributed by atoms with Gasteiger partial charge in [0.1, 0.15) is 12.7 Å². The van der Waals surface area contributed by atoms with Gasteiger partial charge in [-0.25, -0.2) is 0 Å². The van der Waals surface area contributed by atoms with Crippen LogP contribution in [0.1, 0.15) is 18.1 Å². The Kier molecular flexibility index (Phi) is 4.64. The van der Waals surface area contributed by atoms with Gasteiger partial charge in [0, 0.05) is 13.1 Å². The number of rotatable bonds is 5. The number of ether oxygens (including phenoxy) is 2. The molecule has 116 valence electrons. The van der Waals surface area contributed by atoms with E-state index in [1.54, 1.807) is 0 Å². The van der Waals surface area contributed by atoms with Gasteiger partial charge >= 0.3 is 0 Å². The average Bonchev–Trinajstić information content (AvgIpc) is 2.56. The Morgan fingerprint density at radius 2 is 1.77 bits per heavy atom. The fourth-order valence-corrected chi connectivity index (χ4v) is 2.77. The second kappa shape index (κ2) is 6.84. The lowest BCUT2D eigenvalue weighted by Crippen LogP contribution is -2.40. The first-order valence-corrected chi connectivity index (χ1v) is 7.91.